The fraction of sp³-hybridized carbons (Fsp3) is 0.533. The molecule has 1 saturated heterocycles. The third kappa shape index (κ3) is 3.77. The number of nitrogens with one attached hydrogen (secondary N) is 2. The summed E-state index contributed by atoms with van der Waals surface area (Å²) in [6.07, 6.45) is 2.81. The fourth-order valence-electron chi connectivity index (χ4n) is 2.56. The lowest BCUT2D eigenvalue weighted by Gasteiger charge is -2.29. The molecule has 0 radical (unpaired) electrons. The van der Waals surface area contributed by atoms with Gasteiger partial charge in [-0.25, -0.2) is 4.39 Å². The molecule has 2 rings (SSSR count). The molecule has 0 bridgehead atoms. The molecule has 0 saturated carbocycles. The van der Waals surface area contributed by atoms with E-state index in [1.165, 1.54) is 25.0 Å². The lowest BCUT2D eigenvalue weighted by Crippen LogP contribution is -2.42. The summed E-state index contributed by atoms with van der Waals surface area (Å²) in [6.45, 7) is 4.95. The Labute approximate surface area is 113 Å². The van der Waals surface area contributed by atoms with Crippen LogP contribution < -0.4 is 10.6 Å². The number of hydrogen-bond donors (Lipinski definition) is 2. The van der Waals surface area contributed by atoms with Crippen molar-refractivity contribution in [1.29, 1.82) is 0 Å². The van der Waals surface area contributed by atoms with Gasteiger partial charge in [0.05, 0.1) is 0 Å². The van der Waals surface area contributed by atoms with Crippen LogP contribution in [0.1, 0.15) is 31.7 Å². The number of piperidine rings is 1. The number of benzene rings is 1. The summed E-state index contributed by atoms with van der Waals surface area (Å²) in [7, 11) is 0. The Kier molecular flexibility index (Phi) is 4.53. The second-order valence-electron chi connectivity index (χ2n) is 5.39. The van der Waals surface area contributed by atoms with Crippen molar-refractivity contribution in [1.82, 2.24) is 5.32 Å². The number of rotatable bonds is 3. The van der Waals surface area contributed by atoms with Gasteiger partial charge in [0.15, 0.2) is 0 Å². The van der Waals surface area contributed by atoms with Gasteiger partial charge >= 0.3 is 0 Å². The van der Waals surface area contributed by atoms with E-state index in [1.54, 1.807) is 13.0 Å². The van der Waals surface area contributed by atoms with E-state index < -0.39 is 0 Å². The maximum atomic E-state index is 13.0. The average Bonchev–Trinajstić information content (AvgIpc) is 2.36. The summed E-state index contributed by atoms with van der Waals surface area (Å²) in [4.78, 5) is 12.0. The zero-order valence-electron chi connectivity index (χ0n) is 11.5. The maximum absolute atomic E-state index is 13.0. The van der Waals surface area contributed by atoms with E-state index in [2.05, 4.69) is 17.6 Å². The highest BCUT2D eigenvalue weighted by molar-refractivity contribution is 5.91. The highest BCUT2D eigenvalue weighted by atomic mass is 19.1. The molecule has 2 atom stereocenters. The minimum atomic E-state index is -0.280. The highest BCUT2D eigenvalue weighted by Gasteiger charge is 2.23. The van der Waals surface area contributed by atoms with Crippen LogP contribution in [0.4, 0.5) is 10.1 Å². The molecule has 0 spiro atoms. The number of carbonyl (C=O) groups is 1. The molecule has 104 valence electrons. The van der Waals surface area contributed by atoms with E-state index in [4.69, 9.17) is 0 Å². The first-order valence-electron chi connectivity index (χ1n) is 6.85. The maximum Gasteiger partial charge on any atom is 0.225 e. The van der Waals surface area contributed by atoms with Crippen LogP contribution in [0.25, 0.3) is 0 Å². The number of halogens is 1. The highest BCUT2D eigenvalue weighted by Crippen LogP contribution is 2.20. The standard InChI is InChI=1S/C15H21FN2O/c1-10-4-3-7-17-14(10)9-15(19)18-13-6-5-12(16)8-11(13)2/h5-6,8,10,14,17H,3-4,7,9H2,1-2H3,(H,18,19). The van der Waals surface area contributed by atoms with Gasteiger partial charge in [0.25, 0.3) is 0 Å². The molecule has 2 unspecified atom stereocenters. The summed E-state index contributed by atoms with van der Waals surface area (Å²) >= 11 is 0. The van der Waals surface area contributed by atoms with Gasteiger partial charge in [-0.3, -0.25) is 4.79 Å². The predicted octanol–water partition coefficient (Wildman–Crippen LogP) is 2.85. The summed E-state index contributed by atoms with van der Waals surface area (Å²) in [5.41, 5.74) is 1.44. The van der Waals surface area contributed by atoms with E-state index in [0.717, 1.165) is 12.1 Å². The molecule has 3 nitrogen and oxygen atoms in total. The van der Waals surface area contributed by atoms with Crippen LogP contribution in [0.3, 0.4) is 0 Å². The van der Waals surface area contributed by atoms with Gasteiger partial charge in [-0.1, -0.05) is 6.92 Å². The van der Waals surface area contributed by atoms with Crippen molar-refractivity contribution in [2.24, 2.45) is 5.92 Å². The Bertz CT molecular complexity index is 461. The molecule has 4 heteroatoms. The first-order valence-corrected chi connectivity index (χ1v) is 6.85. The van der Waals surface area contributed by atoms with Crippen LogP contribution in [0, 0.1) is 18.7 Å². The zero-order chi connectivity index (χ0) is 13.8. The van der Waals surface area contributed by atoms with Crippen molar-refractivity contribution in [3.8, 4) is 0 Å². The van der Waals surface area contributed by atoms with Gasteiger partial charge in [-0.15, -0.1) is 0 Å². The molecule has 1 heterocycles. The first kappa shape index (κ1) is 14.0. The smallest absolute Gasteiger partial charge is 0.225 e. The number of carbonyl (C=O) groups excluding carboxylic acids is 1. The SMILES string of the molecule is Cc1cc(F)ccc1NC(=O)CC1NCCCC1C. The molecule has 2 N–H and O–H groups in total. The molecular formula is C15H21FN2O. The second-order valence-corrected chi connectivity index (χ2v) is 5.39. The van der Waals surface area contributed by atoms with Crippen LogP contribution in [0.5, 0.6) is 0 Å². The van der Waals surface area contributed by atoms with Crippen molar-refractivity contribution in [3.05, 3.63) is 29.6 Å². The minimum absolute atomic E-state index is 0.0130. The van der Waals surface area contributed by atoms with Crippen molar-refractivity contribution < 1.29 is 9.18 Å². The van der Waals surface area contributed by atoms with Gasteiger partial charge in [0, 0.05) is 18.2 Å². The molecule has 1 aliphatic rings. The van der Waals surface area contributed by atoms with Gasteiger partial charge < -0.3 is 10.6 Å². The molecule has 0 aromatic heterocycles. The van der Waals surface area contributed by atoms with Crippen molar-refractivity contribution in [3.63, 3.8) is 0 Å². The van der Waals surface area contributed by atoms with Gasteiger partial charge in [-0.05, 0) is 56.0 Å². The van der Waals surface area contributed by atoms with Crippen LogP contribution in [0.2, 0.25) is 0 Å². The lowest BCUT2D eigenvalue weighted by atomic mass is 9.90. The second kappa shape index (κ2) is 6.15. The van der Waals surface area contributed by atoms with Gasteiger partial charge in [0.2, 0.25) is 5.91 Å². The largest absolute Gasteiger partial charge is 0.326 e. The fourth-order valence-corrected chi connectivity index (χ4v) is 2.56. The van der Waals surface area contributed by atoms with E-state index in [9.17, 15) is 9.18 Å². The molecule has 1 aromatic carbocycles. The Morgan fingerprint density at radius 3 is 3.00 bits per heavy atom. The number of amides is 1. The van der Waals surface area contributed by atoms with E-state index >= 15 is 0 Å². The van der Waals surface area contributed by atoms with E-state index in [1.807, 2.05) is 0 Å². The Balaban J connectivity index is 1.93. The Hall–Kier alpha value is -1.42. The van der Waals surface area contributed by atoms with Crippen molar-refractivity contribution in [2.45, 2.75) is 39.2 Å². The Morgan fingerprint density at radius 2 is 2.32 bits per heavy atom. The van der Waals surface area contributed by atoms with Crippen LogP contribution in [0.15, 0.2) is 18.2 Å². The first-order chi connectivity index (χ1) is 9.06. The molecule has 19 heavy (non-hydrogen) atoms. The van der Waals surface area contributed by atoms with Crippen LogP contribution in [-0.4, -0.2) is 18.5 Å². The molecule has 1 aromatic rings. The third-order valence-corrected chi connectivity index (χ3v) is 3.80. The van der Waals surface area contributed by atoms with Crippen LogP contribution >= 0.6 is 0 Å². The molecule has 0 aliphatic carbocycles. The lowest BCUT2D eigenvalue weighted by molar-refractivity contribution is -0.117. The third-order valence-electron chi connectivity index (χ3n) is 3.80. The number of hydrogen-bond acceptors (Lipinski definition) is 2. The summed E-state index contributed by atoms with van der Waals surface area (Å²) < 4.78 is 13.0. The van der Waals surface area contributed by atoms with Crippen LogP contribution in [-0.2, 0) is 4.79 Å². The minimum Gasteiger partial charge on any atom is -0.326 e. The summed E-state index contributed by atoms with van der Waals surface area (Å²) in [5.74, 6) is 0.229. The molecular weight excluding hydrogens is 243 g/mol. The normalized spacial score (nSPS) is 23.1. The average molecular weight is 264 g/mol. The van der Waals surface area contributed by atoms with Gasteiger partial charge in [0.1, 0.15) is 5.82 Å². The molecule has 1 aliphatic heterocycles. The molecule has 1 amide bonds. The topological polar surface area (TPSA) is 41.1 Å². The number of anilines is 1. The van der Waals surface area contributed by atoms with Gasteiger partial charge in [-0.2, -0.15) is 0 Å². The van der Waals surface area contributed by atoms with E-state index in [-0.39, 0.29) is 17.8 Å². The monoisotopic (exact) mass is 264 g/mol. The summed E-state index contributed by atoms with van der Waals surface area (Å²) in [5, 5.41) is 6.25. The zero-order valence-corrected chi connectivity index (χ0v) is 11.5. The van der Waals surface area contributed by atoms with Crippen molar-refractivity contribution in [2.75, 3.05) is 11.9 Å². The quantitative estimate of drug-likeness (QED) is 0.881. The van der Waals surface area contributed by atoms with E-state index in [0.29, 0.717) is 18.0 Å². The Morgan fingerprint density at radius 1 is 1.53 bits per heavy atom. The van der Waals surface area contributed by atoms with Crippen molar-refractivity contribution >= 4 is 11.6 Å². The molecule has 1 fully saturated rings. The number of aryl methyl sites for hydroxylation is 1. The predicted molar refractivity (Wildman–Crippen MR) is 74.6 cm³/mol. The summed E-state index contributed by atoms with van der Waals surface area (Å²) in [6, 6.07) is 4.65.